The monoisotopic (exact) mass is 421 g/mol. The minimum absolute atomic E-state index is 0.0785. The maximum absolute atomic E-state index is 13.9. The number of halogens is 3. The molecule has 0 atom stereocenters. The summed E-state index contributed by atoms with van der Waals surface area (Å²) in [5, 5.41) is 0. The molecule has 0 amide bonds. The normalized spacial score (nSPS) is 11.3. The smallest absolute Gasteiger partial charge is 0.350 e. The number of pyridine rings is 1. The van der Waals surface area contributed by atoms with Crippen LogP contribution in [-0.4, -0.2) is 19.4 Å². The molecular weight excluding hydrogens is 407 g/mol. The van der Waals surface area contributed by atoms with Crippen molar-refractivity contribution in [3.05, 3.63) is 82.8 Å². The molecule has 2 aromatic carbocycles. The third kappa shape index (κ3) is 4.00. The van der Waals surface area contributed by atoms with E-state index in [1.807, 2.05) is 0 Å². The Morgan fingerprint density at radius 1 is 0.966 bits per heavy atom. The zero-order valence-electron chi connectivity index (χ0n) is 15.2. The van der Waals surface area contributed by atoms with Crippen LogP contribution in [0.5, 0.6) is 5.88 Å². The number of rotatable bonds is 4. The molecule has 0 aliphatic carbocycles. The van der Waals surface area contributed by atoms with Gasteiger partial charge >= 0.3 is 5.97 Å². The molecule has 0 N–H and O–H groups in total. The van der Waals surface area contributed by atoms with Crippen LogP contribution in [-0.2, 0) is 9.84 Å². The number of ether oxygens (including phenoxy) is 1. The Kier molecular flexibility index (Phi) is 5.43. The number of nitrogens with zero attached hydrogens (tertiary/aromatic N) is 1. The first-order valence-corrected chi connectivity index (χ1v) is 9.74. The highest BCUT2D eigenvalue weighted by Gasteiger charge is 2.29. The van der Waals surface area contributed by atoms with Gasteiger partial charge in [0, 0.05) is 17.8 Å². The molecule has 0 radical (unpaired) electrons. The first-order valence-electron chi connectivity index (χ1n) is 8.26. The van der Waals surface area contributed by atoms with Gasteiger partial charge in [-0.1, -0.05) is 18.2 Å². The van der Waals surface area contributed by atoms with E-state index in [-0.39, 0.29) is 10.5 Å². The summed E-state index contributed by atoms with van der Waals surface area (Å²) in [6.07, 6.45) is 0. The molecule has 9 heteroatoms. The topological polar surface area (TPSA) is 73.3 Å². The molecule has 0 spiro atoms. The lowest BCUT2D eigenvalue weighted by Crippen LogP contribution is -2.17. The quantitative estimate of drug-likeness (QED) is 0.592. The van der Waals surface area contributed by atoms with Gasteiger partial charge in [0.15, 0.2) is 0 Å². The first kappa shape index (κ1) is 20.5. The number of hydrogen-bond donors (Lipinski definition) is 0. The summed E-state index contributed by atoms with van der Waals surface area (Å²) in [6.45, 7) is 3.00. The number of hydrogen-bond acceptors (Lipinski definition) is 5. The van der Waals surface area contributed by atoms with Crippen LogP contribution >= 0.6 is 0 Å². The van der Waals surface area contributed by atoms with Gasteiger partial charge in [0.2, 0.25) is 15.7 Å². The fraction of sp³-hybridized carbons (Fsp3) is 0.100. The zero-order valence-corrected chi connectivity index (χ0v) is 16.1. The highest BCUT2D eigenvalue weighted by atomic mass is 32.2. The summed E-state index contributed by atoms with van der Waals surface area (Å²) in [5.74, 6) is -6.34. The SMILES string of the molecule is Cc1cc(C)c(S(=O)(=O)c2ccccc2)c(OC(=O)c2c(F)cc(F)cc2F)n1. The van der Waals surface area contributed by atoms with E-state index in [1.165, 1.54) is 44.2 Å². The van der Waals surface area contributed by atoms with Crippen LogP contribution in [0, 0.1) is 31.3 Å². The van der Waals surface area contributed by atoms with Crippen LogP contribution in [0.2, 0.25) is 0 Å². The van der Waals surface area contributed by atoms with E-state index in [1.54, 1.807) is 6.07 Å². The van der Waals surface area contributed by atoms with Crippen molar-refractivity contribution in [1.82, 2.24) is 4.98 Å². The van der Waals surface area contributed by atoms with E-state index in [0.29, 0.717) is 17.8 Å². The maximum Gasteiger partial charge on any atom is 0.350 e. The van der Waals surface area contributed by atoms with Crippen molar-refractivity contribution in [3.63, 3.8) is 0 Å². The van der Waals surface area contributed by atoms with Crippen LogP contribution in [0.25, 0.3) is 0 Å². The number of carbonyl (C=O) groups excluding carboxylic acids is 1. The molecule has 0 fully saturated rings. The number of sulfone groups is 1. The third-order valence-corrected chi connectivity index (χ3v) is 5.91. The second-order valence-electron chi connectivity index (χ2n) is 6.17. The van der Waals surface area contributed by atoms with Gasteiger partial charge in [0.25, 0.3) is 0 Å². The van der Waals surface area contributed by atoms with Crippen LogP contribution in [0.3, 0.4) is 0 Å². The van der Waals surface area contributed by atoms with Crippen molar-refractivity contribution in [2.75, 3.05) is 0 Å². The third-order valence-electron chi connectivity index (χ3n) is 3.98. The van der Waals surface area contributed by atoms with E-state index in [9.17, 15) is 26.4 Å². The first-order chi connectivity index (χ1) is 13.6. The lowest BCUT2D eigenvalue weighted by Gasteiger charge is -2.14. The van der Waals surface area contributed by atoms with Crippen molar-refractivity contribution < 1.29 is 31.1 Å². The van der Waals surface area contributed by atoms with Crippen LogP contribution in [0.1, 0.15) is 21.6 Å². The number of aryl methyl sites for hydroxylation is 2. The number of carbonyl (C=O) groups is 1. The average molecular weight is 421 g/mol. The Balaban J connectivity index is 2.13. The van der Waals surface area contributed by atoms with Crippen LogP contribution < -0.4 is 4.74 Å². The van der Waals surface area contributed by atoms with E-state index in [0.717, 1.165) is 0 Å². The molecule has 5 nitrogen and oxygen atoms in total. The molecule has 1 aromatic heterocycles. The van der Waals surface area contributed by atoms with Crippen LogP contribution in [0.4, 0.5) is 13.2 Å². The fourth-order valence-corrected chi connectivity index (χ4v) is 4.33. The van der Waals surface area contributed by atoms with Crippen molar-refractivity contribution in [2.45, 2.75) is 23.6 Å². The zero-order chi connectivity index (χ0) is 21.3. The molecule has 29 heavy (non-hydrogen) atoms. The summed E-state index contributed by atoms with van der Waals surface area (Å²) < 4.78 is 72.0. The maximum atomic E-state index is 13.9. The molecule has 0 aliphatic heterocycles. The van der Waals surface area contributed by atoms with E-state index in [4.69, 9.17) is 4.74 Å². The molecule has 0 saturated carbocycles. The summed E-state index contributed by atoms with van der Waals surface area (Å²) >= 11 is 0. The Hall–Kier alpha value is -3.20. The molecule has 3 aromatic rings. The average Bonchev–Trinajstić information content (AvgIpc) is 2.60. The second kappa shape index (κ2) is 7.67. The van der Waals surface area contributed by atoms with Gasteiger partial charge in [0.1, 0.15) is 27.9 Å². The summed E-state index contributed by atoms with van der Waals surface area (Å²) in [7, 11) is -4.16. The van der Waals surface area contributed by atoms with Crippen molar-refractivity contribution in [2.24, 2.45) is 0 Å². The molecule has 1 heterocycles. The Bertz CT molecular complexity index is 1190. The summed E-state index contributed by atoms with van der Waals surface area (Å²) in [5.41, 5.74) is -0.614. The van der Waals surface area contributed by atoms with Gasteiger partial charge in [-0.2, -0.15) is 0 Å². The van der Waals surface area contributed by atoms with Crippen LogP contribution in [0.15, 0.2) is 58.3 Å². The standard InChI is InChI=1S/C20H14F3NO4S/c1-11-8-12(2)24-19(18(11)29(26,27)14-6-4-3-5-7-14)28-20(25)17-15(22)9-13(21)10-16(17)23/h3-10H,1-2H3. The molecule has 3 rings (SSSR count). The Morgan fingerprint density at radius 2 is 1.55 bits per heavy atom. The van der Waals surface area contributed by atoms with E-state index in [2.05, 4.69) is 4.98 Å². The second-order valence-corrected chi connectivity index (χ2v) is 8.05. The molecule has 0 unspecified atom stereocenters. The minimum Gasteiger partial charge on any atom is -0.402 e. The predicted molar refractivity (Wildman–Crippen MR) is 96.9 cm³/mol. The van der Waals surface area contributed by atoms with Gasteiger partial charge < -0.3 is 4.74 Å². The number of benzene rings is 2. The van der Waals surface area contributed by atoms with Crippen molar-refractivity contribution in [1.29, 1.82) is 0 Å². The van der Waals surface area contributed by atoms with Gasteiger partial charge in [-0.3, -0.25) is 0 Å². The van der Waals surface area contributed by atoms with Gasteiger partial charge in [0.05, 0.1) is 4.90 Å². The van der Waals surface area contributed by atoms with E-state index < -0.39 is 49.6 Å². The molecular formula is C20H14F3NO4S. The Labute approximate surface area is 164 Å². The molecule has 150 valence electrons. The van der Waals surface area contributed by atoms with E-state index >= 15 is 0 Å². The highest BCUT2D eigenvalue weighted by Crippen LogP contribution is 2.32. The molecule has 0 saturated heterocycles. The molecule has 0 bridgehead atoms. The van der Waals surface area contributed by atoms with Gasteiger partial charge in [-0.25, -0.2) is 31.4 Å². The van der Waals surface area contributed by atoms with Crippen molar-refractivity contribution >= 4 is 15.8 Å². The predicted octanol–water partition coefficient (Wildman–Crippen LogP) is 4.17. The largest absolute Gasteiger partial charge is 0.402 e. The summed E-state index contributed by atoms with van der Waals surface area (Å²) in [6, 6.07) is 9.44. The van der Waals surface area contributed by atoms with Crippen molar-refractivity contribution in [3.8, 4) is 5.88 Å². The lowest BCUT2D eigenvalue weighted by atomic mass is 10.2. The lowest BCUT2D eigenvalue weighted by molar-refractivity contribution is 0.0711. The van der Waals surface area contributed by atoms with Gasteiger partial charge in [-0.05, 0) is 37.6 Å². The fourth-order valence-electron chi connectivity index (χ4n) is 2.78. The highest BCUT2D eigenvalue weighted by molar-refractivity contribution is 7.91. The Morgan fingerprint density at radius 3 is 2.14 bits per heavy atom. The minimum atomic E-state index is -4.16. The summed E-state index contributed by atoms with van der Waals surface area (Å²) in [4.78, 5) is 15.8. The molecule has 0 aliphatic rings. The number of esters is 1. The van der Waals surface area contributed by atoms with Gasteiger partial charge in [-0.15, -0.1) is 0 Å². The number of aromatic nitrogens is 1.